The Labute approximate surface area is 158 Å². The smallest absolute Gasteiger partial charge is 0.307 e. The summed E-state index contributed by atoms with van der Waals surface area (Å²) in [7, 11) is 2.14. The van der Waals surface area contributed by atoms with Crippen LogP contribution in [0.3, 0.4) is 0 Å². The van der Waals surface area contributed by atoms with Gasteiger partial charge in [0.05, 0.1) is 5.41 Å². The molecule has 0 aromatic heterocycles. The number of hydrogen-bond donors (Lipinski definition) is 1. The lowest BCUT2D eigenvalue weighted by atomic mass is 9.47. The Hall–Kier alpha value is -1.92. The van der Waals surface area contributed by atoms with Crippen molar-refractivity contribution in [3.63, 3.8) is 0 Å². The number of carbonyl (C=O) groups excluding carboxylic acids is 2. The van der Waals surface area contributed by atoms with Crippen molar-refractivity contribution in [3.8, 4) is 0 Å². The Morgan fingerprint density at radius 2 is 2.07 bits per heavy atom. The first-order valence-electron chi connectivity index (χ1n) is 9.74. The summed E-state index contributed by atoms with van der Waals surface area (Å²) in [5, 5.41) is 11.0. The minimum atomic E-state index is -1.34. The van der Waals surface area contributed by atoms with E-state index < -0.39 is 17.1 Å². The van der Waals surface area contributed by atoms with Crippen LogP contribution in [-0.4, -0.2) is 53.1 Å². The minimum Gasteiger partial charge on any atom is -0.472 e. The highest BCUT2D eigenvalue weighted by atomic mass is 16.6. The van der Waals surface area contributed by atoms with Crippen molar-refractivity contribution in [2.75, 3.05) is 13.6 Å². The molecule has 5 aliphatic rings. The highest BCUT2D eigenvalue weighted by Gasteiger charge is 2.75. The van der Waals surface area contributed by atoms with Gasteiger partial charge in [0.25, 0.3) is 0 Å². The van der Waals surface area contributed by atoms with E-state index in [1.807, 2.05) is 0 Å². The molecule has 6 heteroatoms. The molecule has 144 valence electrons. The summed E-state index contributed by atoms with van der Waals surface area (Å²) in [6.45, 7) is 3.73. The van der Waals surface area contributed by atoms with Gasteiger partial charge in [0.1, 0.15) is 11.9 Å². The lowest BCUT2D eigenvalue weighted by Crippen LogP contribution is -2.69. The molecule has 5 atom stereocenters. The fraction of sp³-hybridized carbons (Fsp3) is 0.619. The van der Waals surface area contributed by atoms with Crippen LogP contribution in [0.5, 0.6) is 0 Å². The van der Waals surface area contributed by atoms with Crippen molar-refractivity contribution in [2.24, 2.45) is 11.3 Å². The Balaban J connectivity index is 1.83. The van der Waals surface area contributed by atoms with Crippen LogP contribution < -0.4 is 0 Å². The first kappa shape index (κ1) is 17.2. The van der Waals surface area contributed by atoms with E-state index in [0.717, 1.165) is 31.4 Å². The summed E-state index contributed by atoms with van der Waals surface area (Å²) in [4.78, 5) is 27.1. The van der Waals surface area contributed by atoms with Crippen LogP contribution in [0.2, 0.25) is 0 Å². The Kier molecular flexibility index (Phi) is 3.39. The highest BCUT2D eigenvalue weighted by molar-refractivity contribution is 5.91. The number of carbonyl (C=O) groups is 2. The van der Waals surface area contributed by atoms with Crippen molar-refractivity contribution < 1.29 is 24.2 Å². The van der Waals surface area contributed by atoms with E-state index in [2.05, 4.69) is 18.0 Å². The molecule has 2 aliphatic heterocycles. The molecule has 0 amide bonds. The van der Waals surface area contributed by atoms with Gasteiger partial charge in [-0.2, -0.15) is 0 Å². The Morgan fingerprint density at radius 3 is 2.78 bits per heavy atom. The molecule has 0 unspecified atom stereocenters. The standard InChI is InChI=1S/C21H25NO5/c1-11(23)21-17(25)7-5-14-15-10-13-4-6-16(26-12(2)24)19(27-21)18(13)20(14,21)8-9-22(15)3/h5,7,14-15,17,25H,4,6,8-10H2,1-3H3/t14-,15+,17-,20-,21-/m0/s1. The van der Waals surface area contributed by atoms with Gasteiger partial charge >= 0.3 is 5.97 Å². The predicted octanol–water partition coefficient (Wildman–Crippen LogP) is 1.85. The molecule has 1 N–H and O–H groups in total. The van der Waals surface area contributed by atoms with Crippen LogP contribution in [0.4, 0.5) is 0 Å². The second kappa shape index (κ2) is 5.32. The van der Waals surface area contributed by atoms with Crippen LogP contribution in [-0.2, 0) is 19.1 Å². The van der Waals surface area contributed by atoms with Crippen molar-refractivity contribution >= 4 is 11.8 Å². The number of piperidine rings is 1. The van der Waals surface area contributed by atoms with E-state index in [-0.39, 0.29) is 17.7 Å². The van der Waals surface area contributed by atoms with Gasteiger partial charge in [0, 0.05) is 30.9 Å². The van der Waals surface area contributed by atoms with Crippen LogP contribution >= 0.6 is 0 Å². The number of rotatable bonds is 2. The van der Waals surface area contributed by atoms with Crippen molar-refractivity contribution in [1.82, 2.24) is 4.90 Å². The first-order chi connectivity index (χ1) is 12.8. The molecule has 2 saturated heterocycles. The molecule has 3 aliphatic carbocycles. The normalized spacial score (nSPS) is 42.0. The number of nitrogens with zero attached hydrogens (tertiary/aromatic N) is 1. The lowest BCUT2D eigenvalue weighted by molar-refractivity contribution is -0.176. The third-order valence-electron chi connectivity index (χ3n) is 7.43. The molecule has 2 heterocycles. The van der Waals surface area contributed by atoms with Crippen LogP contribution in [0.25, 0.3) is 0 Å². The van der Waals surface area contributed by atoms with Gasteiger partial charge in [-0.25, -0.2) is 0 Å². The van der Waals surface area contributed by atoms with Gasteiger partial charge in [-0.15, -0.1) is 0 Å². The van der Waals surface area contributed by atoms with Crippen molar-refractivity contribution in [2.45, 2.75) is 57.3 Å². The lowest BCUT2D eigenvalue weighted by Gasteiger charge is -2.60. The number of esters is 1. The van der Waals surface area contributed by atoms with E-state index in [9.17, 15) is 14.7 Å². The monoisotopic (exact) mass is 371 g/mol. The summed E-state index contributed by atoms with van der Waals surface area (Å²) >= 11 is 0. The summed E-state index contributed by atoms with van der Waals surface area (Å²) in [6, 6.07) is 0.290. The molecule has 2 bridgehead atoms. The molecule has 2 fully saturated rings. The molecule has 5 rings (SSSR count). The highest BCUT2D eigenvalue weighted by Crippen LogP contribution is 2.69. The maximum absolute atomic E-state index is 13.1. The summed E-state index contributed by atoms with van der Waals surface area (Å²) in [6.07, 6.45) is 5.85. The maximum Gasteiger partial charge on any atom is 0.307 e. The van der Waals surface area contributed by atoms with Crippen molar-refractivity contribution in [3.05, 3.63) is 34.8 Å². The Bertz CT molecular complexity index is 855. The molecule has 0 aromatic rings. The van der Waals surface area contributed by atoms with Gasteiger partial charge < -0.3 is 19.5 Å². The van der Waals surface area contributed by atoms with E-state index >= 15 is 0 Å². The molecular formula is C21H25NO5. The van der Waals surface area contributed by atoms with E-state index in [1.54, 1.807) is 6.08 Å². The van der Waals surface area contributed by atoms with E-state index in [1.165, 1.54) is 19.4 Å². The number of hydrogen-bond acceptors (Lipinski definition) is 6. The van der Waals surface area contributed by atoms with Gasteiger partial charge in [0.2, 0.25) is 5.60 Å². The predicted molar refractivity (Wildman–Crippen MR) is 96.3 cm³/mol. The van der Waals surface area contributed by atoms with Crippen molar-refractivity contribution in [1.29, 1.82) is 0 Å². The zero-order chi connectivity index (χ0) is 19.1. The van der Waals surface area contributed by atoms with Crippen LogP contribution in [0.15, 0.2) is 34.8 Å². The van der Waals surface area contributed by atoms with Gasteiger partial charge in [-0.1, -0.05) is 17.7 Å². The zero-order valence-electron chi connectivity index (χ0n) is 15.9. The topological polar surface area (TPSA) is 76.1 Å². The second-order valence-electron chi connectivity index (χ2n) is 8.55. The summed E-state index contributed by atoms with van der Waals surface area (Å²) in [5.41, 5.74) is 0.411. The van der Waals surface area contributed by atoms with Crippen LogP contribution in [0.1, 0.15) is 39.5 Å². The van der Waals surface area contributed by atoms with Gasteiger partial charge in [0.15, 0.2) is 11.5 Å². The fourth-order valence-electron chi connectivity index (χ4n) is 6.46. The molecule has 27 heavy (non-hydrogen) atoms. The molecule has 0 radical (unpaired) electrons. The van der Waals surface area contributed by atoms with Gasteiger partial charge in [-0.05, 0) is 39.8 Å². The number of Topliss-reactive ketones (excluding diaryl/α,β-unsaturated/α-hetero) is 1. The Morgan fingerprint density at radius 1 is 1.30 bits per heavy atom. The SMILES string of the molecule is CC(=O)OC1=C2O[C@@]3(C(C)=O)[C@@H](O)C=C[C@H]4[C@H]5CC(=C2[C@]43CCN5C)CC1. The summed E-state index contributed by atoms with van der Waals surface area (Å²) in [5.74, 6) is 0.593. The fourth-order valence-corrected chi connectivity index (χ4v) is 6.46. The third-order valence-corrected chi connectivity index (χ3v) is 7.43. The molecule has 6 nitrogen and oxygen atoms in total. The first-order valence-corrected chi connectivity index (χ1v) is 9.74. The number of ether oxygens (including phenoxy) is 2. The average molecular weight is 371 g/mol. The zero-order valence-corrected chi connectivity index (χ0v) is 15.9. The quantitative estimate of drug-likeness (QED) is 0.590. The maximum atomic E-state index is 13.1. The largest absolute Gasteiger partial charge is 0.472 e. The third kappa shape index (κ3) is 1.83. The number of ketones is 1. The molecule has 0 saturated carbocycles. The van der Waals surface area contributed by atoms with E-state index in [4.69, 9.17) is 9.47 Å². The average Bonchev–Trinajstić information content (AvgIpc) is 2.93. The number of aliphatic hydroxyl groups is 1. The number of allylic oxidation sites excluding steroid dienone is 2. The number of likely N-dealkylation sites (tertiary alicyclic amines) is 1. The van der Waals surface area contributed by atoms with Crippen LogP contribution in [0, 0.1) is 11.3 Å². The minimum absolute atomic E-state index is 0.0940. The van der Waals surface area contributed by atoms with E-state index in [0.29, 0.717) is 24.0 Å². The second-order valence-corrected chi connectivity index (χ2v) is 8.55. The molecule has 1 spiro atoms. The molecule has 0 aromatic carbocycles. The van der Waals surface area contributed by atoms with Gasteiger partial charge in [-0.3, -0.25) is 9.59 Å². The molecular weight excluding hydrogens is 346 g/mol. The number of aliphatic hydroxyl groups excluding tert-OH is 1. The summed E-state index contributed by atoms with van der Waals surface area (Å²) < 4.78 is 11.9.